The number of hydrogen-bond acceptors (Lipinski definition) is 5. The van der Waals surface area contributed by atoms with Crippen LogP contribution in [-0.4, -0.2) is 27.8 Å². The smallest absolute Gasteiger partial charge is 0.335 e. The summed E-state index contributed by atoms with van der Waals surface area (Å²) in [4.78, 5) is 40.0. The van der Waals surface area contributed by atoms with Gasteiger partial charge in [-0.25, -0.2) is 9.36 Å². The fourth-order valence-electron chi connectivity index (χ4n) is 2.54. The van der Waals surface area contributed by atoms with Crippen molar-refractivity contribution < 1.29 is 9.21 Å². The third-order valence-corrected chi connectivity index (χ3v) is 3.79. The molecule has 2 aromatic heterocycles. The number of thiol groups is 1. The van der Waals surface area contributed by atoms with Crippen LogP contribution in [0.3, 0.4) is 0 Å². The van der Waals surface area contributed by atoms with E-state index in [1.807, 2.05) is 0 Å². The molecule has 1 aromatic carbocycles. The van der Waals surface area contributed by atoms with Crippen molar-refractivity contribution in [2.45, 2.75) is 6.92 Å². The predicted octanol–water partition coefficient (Wildman–Crippen LogP) is 1.24. The third kappa shape index (κ3) is 2.65. The molecule has 0 atom stereocenters. The molecule has 1 amide bonds. The molecule has 3 rings (SSSR count). The number of H-pyrrole nitrogens is 1. The molecule has 0 aliphatic heterocycles. The second-order valence-electron chi connectivity index (χ2n) is 5.12. The van der Waals surface area contributed by atoms with E-state index < -0.39 is 17.2 Å². The number of aromatic nitrogens is 2. The lowest BCUT2D eigenvalue weighted by Crippen LogP contribution is -2.34. The largest absolute Gasteiger partial charge is 0.444 e. The van der Waals surface area contributed by atoms with E-state index in [9.17, 15) is 14.4 Å². The van der Waals surface area contributed by atoms with Crippen LogP contribution in [0.25, 0.3) is 16.8 Å². The first kappa shape index (κ1) is 16.1. The van der Waals surface area contributed by atoms with Gasteiger partial charge in [0.1, 0.15) is 11.1 Å². The molecular formula is C16H15N3O4S. The number of aryl methyl sites for hydroxylation is 1. The maximum atomic E-state index is 12.9. The fourth-order valence-corrected chi connectivity index (χ4v) is 2.65. The van der Waals surface area contributed by atoms with Gasteiger partial charge in [-0.3, -0.25) is 14.6 Å². The topological polar surface area (TPSA) is 97.1 Å². The van der Waals surface area contributed by atoms with E-state index in [-0.39, 0.29) is 22.4 Å². The van der Waals surface area contributed by atoms with Crippen LogP contribution in [0.1, 0.15) is 16.1 Å². The highest BCUT2D eigenvalue weighted by Gasteiger charge is 2.23. The number of amides is 1. The molecule has 0 saturated heterocycles. The summed E-state index contributed by atoms with van der Waals surface area (Å²) in [6, 6.07) is 8.48. The van der Waals surface area contributed by atoms with E-state index in [4.69, 9.17) is 4.42 Å². The summed E-state index contributed by atoms with van der Waals surface area (Å²) in [5, 5.41) is 2.70. The van der Waals surface area contributed by atoms with Crippen LogP contribution in [0.2, 0.25) is 0 Å². The van der Waals surface area contributed by atoms with E-state index in [0.717, 1.165) is 4.57 Å². The Morgan fingerprint density at radius 2 is 2.00 bits per heavy atom. The van der Waals surface area contributed by atoms with Crippen molar-refractivity contribution >= 4 is 29.6 Å². The zero-order valence-corrected chi connectivity index (χ0v) is 13.7. The monoisotopic (exact) mass is 345 g/mol. The molecule has 0 aliphatic carbocycles. The van der Waals surface area contributed by atoms with E-state index in [1.54, 1.807) is 37.3 Å². The normalized spacial score (nSPS) is 10.9. The number of nitrogens with zero attached hydrogens (tertiary/aromatic N) is 1. The molecule has 0 fully saturated rings. The van der Waals surface area contributed by atoms with Gasteiger partial charge in [0.05, 0.1) is 11.3 Å². The number of carbonyl (C=O) groups is 1. The summed E-state index contributed by atoms with van der Waals surface area (Å²) in [5.41, 5.74) is -0.711. The standard InChI is InChI=1S/C16H15N3O4S/c1-9-11(13(20)17-7-8-24)12-14(23-9)18-16(22)19(15(12)21)10-5-3-2-4-6-10/h2-6,24H,7-8H2,1H3,(H,17,20)(H,18,22). The average Bonchev–Trinajstić information content (AvgIpc) is 2.89. The maximum absolute atomic E-state index is 12.9. The summed E-state index contributed by atoms with van der Waals surface area (Å²) in [5.74, 6) is 0.287. The molecule has 0 saturated carbocycles. The highest BCUT2D eigenvalue weighted by molar-refractivity contribution is 7.80. The molecule has 24 heavy (non-hydrogen) atoms. The Balaban J connectivity index is 2.29. The summed E-state index contributed by atoms with van der Waals surface area (Å²) < 4.78 is 6.38. The molecule has 0 aliphatic rings. The zero-order valence-electron chi connectivity index (χ0n) is 12.8. The lowest BCUT2D eigenvalue weighted by molar-refractivity contribution is 0.0956. The number of rotatable bonds is 4. The highest BCUT2D eigenvalue weighted by atomic mass is 32.1. The molecular weight excluding hydrogens is 330 g/mol. The van der Waals surface area contributed by atoms with Gasteiger partial charge in [0.2, 0.25) is 5.71 Å². The van der Waals surface area contributed by atoms with Crippen molar-refractivity contribution in [3.05, 3.63) is 62.5 Å². The lowest BCUT2D eigenvalue weighted by Gasteiger charge is -2.05. The summed E-state index contributed by atoms with van der Waals surface area (Å²) in [6.45, 7) is 1.92. The van der Waals surface area contributed by atoms with Crippen molar-refractivity contribution in [3.8, 4) is 5.69 Å². The predicted molar refractivity (Wildman–Crippen MR) is 93.4 cm³/mol. The lowest BCUT2D eigenvalue weighted by atomic mass is 10.1. The minimum Gasteiger partial charge on any atom is -0.444 e. The number of hydrogen-bond donors (Lipinski definition) is 3. The van der Waals surface area contributed by atoms with Gasteiger partial charge in [0.15, 0.2) is 0 Å². The summed E-state index contributed by atoms with van der Waals surface area (Å²) in [7, 11) is 0. The van der Waals surface area contributed by atoms with Gasteiger partial charge >= 0.3 is 5.69 Å². The molecule has 0 bridgehead atoms. The van der Waals surface area contributed by atoms with Gasteiger partial charge in [0, 0.05) is 12.3 Å². The molecule has 0 spiro atoms. The molecule has 0 radical (unpaired) electrons. The Labute approximate surface area is 141 Å². The van der Waals surface area contributed by atoms with Crippen LogP contribution in [-0.2, 0) is 0 Å². The summed E-state index contributed by atoms with van der Waals surface area (Å²) >= 11 is 4.04. The van der Waals surface area contributed by atoms with Crippen LogP contribution >= 0.6 is 12.6 Å². The van der Waals surface area contributed by atoms with Crippen molar-refractivity contribution in [1.29, 1.82) is 0 Å². The molecule has 124 valence electrons. The van der Waals surface area contributed by atoms with Crippen molar-refractivity contribution in [1.82, 2.24) is 14.9 Å². The van der Waals surface area contributed by atoms with Gasteiger partial charge in [-0.2, -0.15) is 12.6 Å². The van der Waals surface area contributed by atoms with Gasteiger partial charge < -0.3 is 9.73 Å². The molecule has 2 N–H and O–H groups in total. The van der Waals surface area contributed by atoms with Gasteiger partial charge in [-0.15, -0.1) is 0 Å². The van der Waals surface area contributed by atoms with Crippen LogP contribution in [0, 0.1) is 6.92 Å². The first-order chi connectivity index (χ1) is 11.5. The van der Waals surface area contributed by atoms with Crippen LogP contribution in [0.15, 0.2) is 44.3 Å². The van der Waals surface area contributed by atoms with Crippen molar-refractivity contribution in [2.75, 3.05) is 12.3 Å². The number of aromatic amines is 1. The number of nitrogens with one attached hydrogen (secondary N) is 2. The molecule has 0 unspecified atom stereocenters. The Morgan fingerprint density at radius 1 is 1.29 bits per heavy atom. The zero-order chi connectivity index (χ0) is 17.3. The number of benzene rings is 1. The minimum absolute atomic E-state index is 0.00861. The van der Waals surface area contributed by atoms with Gasteiger partial charge in [-0.1, -0.05) is 18.2 Å². The Bertz CT molecular complexity index is 1020. The number of fused-ring (bicyclic) bond motifs is 1. The van der Waals surface area contributed by atoms with Crippen LogP contribution in [0.5, 0.6) is 0 Å². The van der Waals surface area contributed by atoms with Crippen molar-refractivity contribution in [3.63, 3.8) is 0 Å². The second kappa shape index (κ2) is 6.40. The Morgan fingerprint density at radius 3 is 2.67 bits per heavy atom. The fraction of sp³-hybridized carbons (Fsp3) is 0.188. The third-order valence-electron chi connectivity index (χ3n) is 3.56. The Hall–Kier alpha value is -2.74. The number of furan rings is 1. The Kier molecular flexibility index (Phi) is 4.30. The molecule has 3 aromatic rings. The van der Waals surface area contributed by atoms with E-state index in [0.29, 0.717) is 18.0 Å². The first-order valence-electron chi connectivity index (χ1n) is 7.27. The highest BCUT2D eigenvalue weighted by Crippen LogP contribution is 2.20. The molecule has 2 heterocycles. The van der Waals surface area contributed by atoms with Crippen molar-refractivity contribution in [2.24, 2.45) is 0 Å². The van der Waals surface area contributed by atoms with Gasteiger partial charge in [-0.05, 0) is 19.1 Å². The number of carbonyl (C=O) groups excluding carboxylic acids is 1. The molecule has 8 heteroatoms. The van der Waals surface area contributed by atoms with Gasteiger partial charge in [0.25, 0.3) is 11.5 Å². The van der Waals surface area contributed by atoms with E-state index in [1.165, 1.54) is 0 Å². The van der Waals surface area contributed by atoms with Crippen LogP contribution in [0.4, 0.5) is 0 Å². The maximum Gasteiger partial charge on any atom is 0.335 e. The SMILES string of the molecule is Cc1oc2[nH]c(=O)n(-c3ccccc3)c(=O)c2c1C(=O)NCCS. The van der Waals surface area contributed by atoms with E-state index >= 15 is 0 Å². The average molecular weight is 345 g/mol. The first-order valence-corrected chi connectivity index (χ1v) is 7.90. The second-order valence-corrected chi connectivity index (χ2v) is 5.57. The molecule has 7 nitrogen and oxygen atoms in total. The summed E-state index contributed by atoms with van der Waals surface area (Å²) in [6.07, 6.45) is 0. The minimum atomic E-state index is -0.630. The quantitative estimate of drug-likeness (QED) is 0.620. The number of para-hydroxylation sites is 1. The van der Waals surface area contributed by atoms with Crippen LogP contribution < -0.4 is 16.6 Å². The van der Waals surface area contributed by atoms with E-state index in [2.05, 4.69) is 22.9 Å².